The van der Waals surface area contributed by atoms with Crippen LogP contribution in [-0.2, 0) is 17.6 Å². The van der Waals surface area contributed by atoms with Crippen LogP contribution in [0, 0.1) is 17.1 Å². The number of carbonyl (C=O) groups is 1. The summed E-state index contributed by atoms with van der Waals surface area (Å²) in [5.41, 5.74) is 5.18. The second-order valence-electron chi connectivity index (χ2n) is 12.0. The van der Waals surface area contributed by atoms with E-state index in [1.807, 2.05) is 11.1 Å². The maximum Gasteiger partial charge on any atom is 0.246 e. The Kier molecular flexibility index (Phi) is 6.82. The summed E-state index contributed by atoms with van der Waals surface area (Å²) in [6, 6.07) is 6.01. The number of hydrogen-bond donors (Lipinski definition) is 0. The number of anilines is 1. The van der Waals surface area contributed by atoms with Gasteiger partial charge in [0, 0.05) is 48.0 Å². The average Bonchev–Trinajstić information content (AvgIpc) is 3.57. The molecule has 4 aliphatic rings. The predicted octanol–water partition coefficient (Wildman–Crippen LogP) is 4.63. The summed E-state index contributed by atoms with van der Waals surface area (Å²) in [5.74, 6) is -0.155. The highest BCUT2D eigenvalue weighted by atomic mass is 19.1. The molecule has 3 aliphatic heterocycles. The topological polar surface area (TPSA) is 85.6 Å². The SMILES string of the molecule is C=CC(=O)N1CC[C@@H]2[C@H]1CN2c1c(C#N)c(OC[C@@H]2CCCN2C)nc2cc(-c3cncc4c3CCCC4)c(F)cc12. The van der Waals surface area contributed by atoms with Crippen molar-refractivity contribution in [3.8, 4) is 23.1 Å². The highest BCUT2D eigenvalue weighted by Crippen LogP contribution is 2.45. The zero-order valence-electron chi connectivity index (χ0n) is 24.0. The molecule has 0 radical (unpaired) electrons. The van der Waals surface area contributed by atoms with E-state index in [1.54, 1.807) is 12.3 Å². The van der Waals surface area contributed by atoms with E-state index >= 15 is 4.39 Å². The lowest BCUT2D eigenvalue weighted by Crippen LogP contribution is -2.63. The van der Waals surface area contributed by atoms with Gasteiger partial charge in [-0.25, -0.2) is 9.37 Å². The molecule has 216 valence electrons. The first kappa shape index (κ1) is 26.8. The number of amides is 1. The number of ether oxygens (including phenoxy) is 1. The lowest BCUT2D eigenvalue weighted by atomic mass is 9.87. The smallest absolute Gasteiger partial charge is 0.246 e. The first-order valence-corrected chi connectivity index (χ1v) is 15.0. The van der Waals surface area contributed by atoms with E-state index in [1.165, 1.54) is 17.7 Å². The number of nitriles is 1. The Labute approximate surface area is 245 Å². The van der Waals surface area contributed by atoms with Crippen molar-refractivity contribution in [1.29, 1.82) is 5.26 Å². The van der Waals surface area contributed by atoms with Crippen LogP contribution in [0.3, 0.4) is 0 Å². The van der Waals surface area contributed by atoms with Crippen LogP contribution in [-0.4, -0.2) is 77.1 Å². The number of likely N-dealkylation sites (N-methyl/N-ethyl adjacent to an activating group) is 1. The van der Waals surface area contributed by atoms with Crippen molar-refractivity contribution in [3.05, 3.63) is 59.7 Å². The standard InChI is InChI=1S/C33H35FN6O2/c1-3-31(41)39-12-10-29-30(39)18-40(29)32-24-13-27(34)23(26-17-36-16-20-7-4-5-9-22(20)26)14-28(24)37-33(25(32)15-35)42-19-21-8-6-11-38(21)2/h3,13-14,16-17,21,29-30H,1,4-12,18-19H2,2H3/t21-,29+,30+/m0/s1. The number of likely N-dealkylation sites (tertiary alicyclic amines) is 2. The zero-order chi connectivity index (χ0) is 29.0. The summed E-state index contributed by atoms with van der Waals surface area (Å²) in [7, 11) is 2.09. The lowest BCUT2D eigenvalue weighted by Gasteiger charge is -2.48. The van der Waals surface area contributed by atoms with Crippen LogP contribution < -0.4 is 9.64 Å². The fourth-order valence-corrected chi connectivity index (χ4v) is 7.48. The highest BCUT2D eigenvalue weighted by Gasteiger charge is 2.49. The van der Waals surface area contributed by atoms with Gasteiger partial charge in [-0.05, 0) is 87.9 Å². The molecule has 42 heavy (non-hydrogen) atoms. The predicted molar refractivity (Wildman–Crippen MR) is 159 cm³/mol. The van der Waals surface area contributed by atoms with Crippen molar-refractivity contribution in [3.63, 3.8) is 0 Å². The third-order valence-corrected chi connectivity index (χ3v) is 9.81. The van der Waals surface area contributed by atoms with Gasteiger partial charge in [-0.2, -0.15) is 5.26 Å². The Hall–Kier alpha value is -4.03. The number of rotatable bonds is 6. The number of aromatic nitrogens is 2. The van der Waals surface area contributed by atoms with Crippen molar-refractivity contribution in [2.45, 2.75) is 63.1 Å². The summed E-state index contributed by atoms with van der Waals surface area (Å²) < 4.78 is 22.4. The number of hydrogen-bond acceptors (Lipinski definition) is 7. The normalized spacial score (nSPS) is 23.3. The second kappa shape index (κ2) is 10.7. The monoisotopic (exact) mass is 566 g/mol. The van der Waals surface area contributed by atoms with Gasteiger partial charge in [-0.1, -0.05) is 6.58 Å². The Morgan fingerprint density at radius 2 is 2.02 bits per heavy atom. The number of pyridine rings is 2. The van der Waals surface area contributed by atoms with Crippen LogP contribution >= 0.6 is 0 Å². The molecular formula is C33H35FN6O2. The Bertz CT molecular complexity index is 1630. The number of benzene rings is 1. The van der Waals surface area contributed by atoms with Crippen LogP contribution in [0.1, 0.15) is 48.8 Å². The highest BCUT2D eigenvalue weighted by molar-refractivity contribution is 5.99. The van der Waals surface area contributed by atoms with Crippen molar-refractivity contribution in [1.82, 2.24) is 19.8 Å². The van der Waals surface area contributed by atoms with Crippen molar-refractivity contribution < 1.29 is 13.9 Å². The molecule has 3 atom stereocenters. The van der Waals surface area contributed by atoms with Gasteiger partial charge >= 0.3 is 0 Å². The number of carbonyl (C=O) groups excluding carboxylic acids is 1. The molecule has 3 fully saturated rings. The first-order chi connectivity index (χ1) is 20.5. The maximum absolute atomic E-state index is 16.1. The molecule has 1 amide bonds. The van der Waals surface area contributed by atoms with E-state index in [9.17, 15) is 10.1 Å². The number of fused-ring (bicyclic) bond motifs is 3. The fourth-order valence-electron chi connectivity index (χ4n) is 7.48. The molecule has 1 aliphatic carbocycles. The van der Waals surface area contributed by atoms with E-state index in [4.69, 9.17) is 9.72 Å². The molecule has 0 unspecified atom stereocenters. The summed E-state index contributed by atoms with van der Waals surface area (Å²) >= 11 is 0. The Morgan fingerprint density at radius 3 is 2.81 bits per heavy atom. The van der Waals surface area contributed by atoms with Crippen LogP contribution in [0.4, 0.5) is 10.1 Å². The molecule has 8 nitrogen and oxygen atoms in total. The third-order valence-electron chi connectivity index (χ3n) is 9.81. The van der Waals surface area contributed by atoms with E-state index in [2.05, 4.69) is 34.5 Å². The molecule has 3 aromatic rings. The Balaban J connectivity index is 1.35. The minimum absolute atomic E-state index is 0.0350. The third kappa shape index (κ3) is 4.31. The van der Waals surface area contributed by atoms with Crippen LogP contribution in [0.15, 0.2) is 37.2 Å². The number of halogens is 1. The molecule has 1 aromatic carbocycles. The molecular weight excluding hydrogens is 531 g/mol. The van der Waals surface area contributed by atoms with Gasteiger partial charge in [0.05, 0.1) is 23.3 Å². The van der Waals surface area contributed by atoms with Crippen LogP contribution in [0.25, 0.3) is 22.0 Å². The summed E-state index contributed by atoms with van der Waals surface area (Å²) in [4.78, 5) is 28.0. The van der Waals surface area contributed by atoms with Gasteiger partial charge in [0.25, 0.3) is 0 Å². The molecule has 0 saturated carbocycles. The largest absolute Gasteiger partial charge is 0.475 e. The summed E-state index contributed by atoms with van der Waals surface area (Å²) in [5, 5.41) is 11.0. The van der Waals surface area contributed by atoms with Crippen LogP contribution in [0.5, 0.6) is 5.88 Å². The molecule has 0 spiro atoms. The van der Waals surface area contributed by atoms with Crippen LogP contribution in [0.2, 0.25) is 0 Å². The van der Waals surface area contributed by atoms with E-state index < -0.39 is 0 Å². The van der Waals surface area contributed by atoms with Crippen molar-refractivity contribution >= 4 is 22.5 Å². The van der Waals surface area contributed by atoms with Gasteiger partial charge in [0.2, 0.25) is 11.8 Å². The lowest BCUT2D eigenvalue weighted by molar-refractivity contribution is -0.127. The summed E-state index contributed by atoms with van der Waals surface area (Å²) in [6.45, 7) is 6.29. The molecule has 3 saturated heterocycles. The van der Waals surface area contributed by atoms with Gasteiger partial charge in [-0.3, -0.25) is 9.78 Å². The van der Waals surface area contributed by atoms with Gasteiger partial charge in [0.1, 0.15) is 24.1 Å². The maximum atomic E-state index is 16.1. The first-order valence-electron chi connectivity index (χ1n) is 15.0. The molecule has 0 bridgehead atoms. The van der Waals surface area contributed by atoms with Crippen molar-refractivity contribution in [2.24, 2.45) is 0 Å². The molecule has 9 heteroatoms. The molecule has 7 rings (SSSR count). The van der Waals surface area contributed by atoms with E-state index in [-0.39, 0.29) is 35.7 Å². The molecule has 2 aromatic heterocycles. The van der Waals surface area contributed by atoms with E-state index in [0.29, 0.717) is 47.4 Å². The molecule has 0 N–H and O–H groups in total. The van der Waals surface area contributed by atoms with Crippen molar-refractivity contribution in [2.75, 3.05) is 38.2 Å². The fraction of sp³-hybridized carbons (Fsp3) is 0.455. The quantitative estimate of drug-likeness (QED) is 0.402. The van der Waals surface area contributed by atoms with E-state index in [0.717, 1.165) is 62.6 Å². The van der Waals surface area contributed by atoms with Gasteiger partial charge in [0.15, 0.2) is 0 Å². The van der Waals surface area contributed by atoms with Gasteiger partial charge in [-0.15, -0.1) is 0 Å². The minimum Gasteiger partial charge on any atom is -0.475 e. The number of nitrogens with zero attached hydrogens (tertiary/aromatic N) is 6. The molecule has 5 heterocycles. The van der Waals surface area contributed by atoms with Gasteiger partial charge < -0.3 is 19.4 Å². The second-order valence-corrected chi connectivity index (χ2v) is 12.0. The minimum atomic E-state index is -0.358. The number of aryl methyl sites for hydroxylation is 1. The Morgan fingerprint density at radius 1 is 1.17 bits per heavy atom. The summed E-state index contributed by atoms with van der Waals surface area (Å²) in [6.07, 6.45) is 12.0. The average molecular weight is 567 g/mol. The zero-order valence-corrected chi connectivity index (χ0v) is 24.0.